The second kappa shape index (κ2) is 8.29. The van der Waals surface area contributed by atoms with E-state index in [2.05, 4.69) is 32.9 Å². The van der Waals surface area contributed by atoms with Crippen LogP contribution in [0.15, 0.2) is 42.7 Å². The summed E-state index contributed by atoms with van der Waals surface area (Å²) < 4.78 is 12.3. The van der Waals surface area contributed by atoms with Crippen LogP contribution in [0.1, 0.15) is 36.7 Å². The molecule has 0 bridgehead atoms. The lowest BCUT2D eigenvalue weighted by atomic mass is 9.88. The molecule has 0 fully saturated rings. The number of carbonyl (C=O) groups excluding carboxylic acids is 1. The molecule has 0 spiro atoms. The van der Waals surface area contributed by atoms with Gasteiger partial charge in [-0.3, -0.25) is 4.79 Å². The number of aromatic nitrogens is 1. The highest BCUT2D eigenvalue weighted by atomic mass is 79.9. The molecule has 0 atom stereocenters. The smallest absolute Gasteiger partial charge is 0.227 e. The van der Waals surface area contributed by atoms with Gasteiger partial charge in [-0.25, -0.2) is 0 Å². The Kier molecular flexibility index (Phi) is 6.96. The van der Waals surface area contributed by atoms with Crippen LogP contribution < -0.4 is 31.0 Å². The molecular formula is C19H24BrNO3. The van der Waals surface area contributed by atoms with E-state index >= 15 is 0 Å². The lowest BCUT2D eigenvalue weighted by molar-refractivity contribution is -0.683. The van der Waals surface area contributed by atoms with E-state index in [4.69, 9.17) is 9.47 Å². The summed E-state index contributed by atoms with van der Waals surface area (Å²) in [6.45, 7) is 6.80. The van der Waals surface area contributed by atoms with Crippen LogP contribution in [0, 0.1) is 0 Å². The number of rotatable bonds is 5. The number of carbonyl (C=O) groups is 1. The first-order valence-corrected chi connectivity index (χ1v) is 7.60. The molecule has 2 rings (SSSR count). The van der Waals surface area contributed by atoms with Crippen LogP contribution in [-0.2, 0) is 12.0 Å². The third-order valence-corrected chi connectivity index (χ3v) is 3.79. The molecule has 0 aliphatic heterocycles. The molecule has 0 radical (unpaired) electrons. The van der Waals surface area contributed by atoms with Crippen LogP contribution in [0.4, 0.5) is 0 Å². The normalized spacial score (nSPS) is 10.7. The minimum Gasteiger partial charge on any atom is -1.00 e. The molecule has 1 aromatic carbocycles. The Labute approximate surface area is 154 Å². The third kappa shape index (κ3) is 4.81. The molecule has 0 N–H and O–H groups in total. The van der Waals surface area contributed by atoms with Crippen LogP contribution >= 0.6 is 0 Å². The fourth-order valence-corrected chi connectivity index (χ4v) is 2.33. The van der Waals surface area contributed by atoms with Crippen molar-refractivity contribution in [2.75, 3.05) is 14.2 Å². The molecule has 2 aromatic rings. The summed E-state index contributed by atoms with van der Waals surface area (Å²) in [5.74, 6) is 1.21. The van der Waals surface area contributed by atoms with E-state index in [1.807, 2.05) is 17.0 Å². The zero-order chi connectivity index (χ0) is 17.0. The number of Topliss-reactive ketones (excluding diaryl/α,β-unsaturated/α-hetero) is 1. The zero-order valence-electron chi connectivity index (χ0n) is 14.8. The van der Waals surface area contributed by atoms with Crippen LogP contribution in [0.5, 0.6) is 11.5 Å². The molecule has 0 aliphatic rings. The highest BCUT2D eigenvalue weighted by Crippen LogP contribution is 2.27. The third-order valence-electron chi connectivity index (χ3n) is 3.79. The lowest BCUT2D eigenvalue weighted by Gasteiger charge is -2.17. The average molecular weight is 394 g/mol. The number of benzene rings is 1. The SMILES string of the molecule is COc1ccc(C(=O)C[n+]2ccc(C(C)(C)C)cc2)cc1OC.[Br-]. The molecule has 24 heavy (non-hydrogen) atoms. The lowest BCUT2D eigenvalue weighted by Crippen LogP contribution is -3.00. The maximum absolute atomic E-state index is 12.4. The van der Waals surface area contributed by atoms with Crippen LogP contribution in [0.2, 0.25) is 0 Å². The van der Waals surface area contributed by atoms with Crippen molar-refractivity contribution in [3.63, 3.8) is 0 Å². The Bertz CT molecular complexity index is 691. The van der Waals surface area contributed by atoms with Crippen molar-refractivity contribution < 1.29 is 35.8 Å². The second-order valence-electron chi connectivity index (χ2n) is 6.50. The number of methoxy groups -OCH3 is 2. The van der Waals surface area contributed by atoms with E-state index in [1.165, 1.54) is 5.56 Å². The van der Waals surface area contributed by atoms with E-state index in [0.717, 1.165) is 0 Å². The Morgan fingerprint density at radius 1 is 1.00 bits per heavy atom. The van der Waals surface area contributed by atoms with E-state index in [9.17, 15) is 4.79 Å². The first-order valence-electron chi connectivity index (χ1n) is 7.60. The summed E-state index contributed by atoms with van der Waals surface area (Å²) in [6, 6.07) is 9.34. The molecular weight excluding hydrogens is 370 g/mol. The highest BCUT2D eigenvalue weighted by Gasteiger charge is 2.17. The highest BCUT2D eigenvalue weighted by molar-refractivity contribution is 5.95. The molecule has 0 saturated heterocycles. The van der Waals surface area contributed by atoms with Crippen molar-refractivity contribution in [3.05, 3.63) is 53.9 Å². The molecule has 5 heteroatoms. The quantitative estimate of drug-likeness (QED) is 0.537. The van der Waals surface area contributed by atoms with E-state index in [0.29, 0.717) is 23.6 Å². The van der Waals surface area contributed by atoms with Gasteiger partial charge in [0, 0.05) is 17.7 Å². The Balaban J connectivity index is 0.00000288. The molecule has 0 saturated carbocycles. The molecule has 4 nitrogen and oxygen atoms in total. The summed E-state index contributed by atoms with van der Waals surface area (Å²) in [4.78, 5) is 12.4. The van der Waals surface area contributed by atoms with Gasteiger partial charge in [0.15, 0.2) is 23.9 Å². The first-order chi connectivity index (χ1) is 10.8. The summed E-state index contributed by atoms with van der Waals surface area (Å²) in [7, 11) is 3.14. The van der Waals surface area contributed by atoms with Crippen molar-refractivity contribution >= 4 is 5.78 Å². The fraction of sp³-hybridized carbons (Fsp3) is 0.368. The topological polar surface area (TPSA) is 39.4 Å². The van der Waals surface area contributed by atoms with Gasteiger partial charge in [-0.1, -0.05) is 20.8 Å². The predicted octanol–water partition coefficient (Wildman–Crippen LogP) is 0.176. The number of halogens is 1. The van der Waals surface area contributed by atoms with Crippen molar-refractivity contribution in [3.8, 4) is 11.5 Å². The largest absolute Gasteiger partial charge is 1.00 e. The standard InChI is InChI=1S/C19H24NO3.BrH/c1-19(2,3)15-8-10-20(11-9-15)13-16(21)14-6-7-17(22-4)18(12-14)23-5;/h6-12H,13H2,1-5H3;1H/q+1;/p-1. The van der Waals surface area contributed by atoms with Crippen LogP contribution in [0.3, 0.4) is 0 Å². The zero-order valence-corrected chi connectivity index (χ0v) is 16.4. The van der Waals surface area contributed by atoms with Gasteiger partial charge in [-0.05, 0) is 29.2 Å². The minimum atomic E-state index is 0. The number of nitrogens with zero attached hydrogens (tertiary/aromatic N) is 1. The van der Waals surface area contributed by atoms with E-state index in [-0.39, 0.29) is 28.2 Å². The number of hydrogen-bond donors (Lipinski definition) is 0. The number of ketones is 1. The molecule has 0 aliphatic carbocycles. The van der Waals surface area contributed by atoms with Crippen molar-refractivity contribution in [1.82, 2.24) is 0 Å². The van der Waals surface area contributed by atoms with Crippen LogP contribution in [-0.4, -0.2) is 20.0 Å². The van der Waals surface area contributed by atoms with E-state index in [1.54, 1.807) is 32.4 Å². The molecule has 1 heterocycles. The second-order valence-corrected chi connectivity index (χ2v) is 6.50. The van der Waals surface area contributed by atoms with Crippen molar-refractivity contribution in [1.29, 1.82) is 0 Å². The van der Waals surface area contributed by atoms with E-state index < -0.39 is 0 Å². The van der Waals surface area contributed by atoms with Gasteiger partial charge in [0.2, 0.25) is 12.3 Å². The minimum absolute atomic E-state index is 0. The molecule has 0 unspecified atom stereocenters. The molecule has 130 valence electrons. The Morgan fingerprint density at radius 3 is 2.08 bits per heavy atom. The maximum atomic E-state index is 12.4. The Hall–Kier alpha value is -1.88. The maximum Gasteiger partial charge on any atom is 0.227 e. The van der Waals surface area contributed by atoms with Gasteiger partial charge in [0.1, 0.15) is 0 Å². The predicted molar refractivity (Wildman–Crippen MR) is 89.2 cm³/mol. The van der Waals surface area contributed by atoms with Crippen LogP contribution in [0.25, 0.3) is 0 Å². The Morgan fingerprint density at radius 2 is 1.58 bits per heavy atom. The van der Waals surface area contributed by atoms with Crippen molar-refractivity contribution in [2.45, 2.75) is 32.7 Å². The number of ether oxygens (including phenoxy) is 2. The van der Waals surface area contributed by atoms with Gasteiger partial charge in [0.05, 0.1) is 14.2 Å². The van der Waals surface area contributed by atoms with Gasteiger partial charge < -0.3 is 26.5 Å². The average Bonchev–Trinajstić information content (AvgIpc) is 2.53. The summed E-state index contributed by atoms with van der Waals surface area (Å²) in [5, 5.41) is 0. The van der Waals surface area contributed by atoms with Gasteiger partial charge in [-0.2, -0.15) is 4.57 Å². The van der Waals surface area contributed by atoms with Crippen molar-refractivity contribution in [2.24, 2.45) is 0 Å². The molecule has 0 amide bonds. The summed E-state index contributed by atoms with van der Waals surface area (Å²) in [5.41, 5.74) is 1.95. The summed E-state index contributed by atoms with van der Waals surface area (Å²) in [6.07, 6.45) is 3.89. The number of pyridine rings is 1. The fourth-order valence-electron chi connectivity index (χ4n) is 2.33. The first kappa shape index (κ1) is 20.2. The van der Waals surface area contributed by atoms with Gasteiger partial charge >= 0.3 is 0 Å². The van der Waals surface area contributed by atoms with Gasteiger partial charge in [0.25, 0.3) is 0 Å². The summed E-state index contributed by atoms with van der Waals surface area (Å²) >= 11 is 0. The number of hydrogen-bond acceptors (Lipinski definition) is 3. The van der Waals surface area contributed by atoms with Gasteiger partial charge in [-0.15, -0.1) is 0 Å². The monoisotopic (exact) mass is 393 g/mol. The molecule has 1 aromatic heterocycles.